The van der Waals surface area contributed by atoms with Crippen molar-refractivity contribution in [2.75, 3.05) is 7.11 Å². The predicted octanol–water partition coefficient (Wildman–Crippen LogP) is 1.33. The van der Waals surface area contributed by atoms with E-state index in [0.717, 1.165) is 21.1 Å². The molecule has 0 saturated carbocycles. The van der Waals surface area contributed by atoms with Crippen LogP contribution in [0.5, 0.6) is 0 Å². The maximum Gasteiger partial charge on any atom is 0.0840 e. The Morgan fingerprint density at radius 3 is 1.88 bits per heavy atom. The number of rotatable bonds is 3. The van der Waals surface area contributed by atoms with Crippen molar-refractivity contribution in [3.05, 3.63) is 21.1 Å². The number of aliphatic hydroxyl groups excluding tert-OH is 1. The fourth-order valence-electron chi connectivity index (χ4n) is 0.911. The molecule has 0 radical (unpaired) electrons. The van der Waals surface area contributed by atoms with Gasteiger partial charge in [-0.25, -0.2) is 0 Å². The lowest BCUT2D eigenvalue weighted by atomic mass is 10.4. The van der Waals surface area contributed by atoms with Crippen LogP contribution in [0.3, 0.4) is 0 Å². The van der Waals surface area contributed by atoms with E-state index in [2.05, 4.69) is 19.2 Å². The molecule has 2 aromatic rings. The second kappa shape index (κ2) is 7.38. The number of nitrogens with zero attached hydrogens (tertiary/aromatic N) is 4. The first kappa shape index (κ1) is 14.1. The van der Waals surface area contributed by atoms with Gasteiger partial charge in [-0.2, -0.15) is 0 Å². The van der Waals surface area contributed by atoms with Gasteiger partial charge in [0.25, 0.3) is 0 Å². The molecule has 2 rings (SSSR count). The van der Waals surface area contributed by atoms with Gasteiger partial charge in [0.2, 0.25) is 0 Å². The molecule has 8 heteroatoms. The topological polar surface area (TPSA) is 81.0 Å². The average molecular weight is 274 g/mol. The van der Waals surface area contributed by atoms with E-state index in [1.807, 2.05) is 13.8 Å². The Bertz CT molecular complexity index is 444. The summed E-state index contributed by atoms with van der Waals surface area (Å²) in [6.07, 6.45) is 0. The molecule has 0 amide bonds. The number of ether oxygens (including phenoxy) is 1. The van der Waals surface area contributed by atoms with Gasteiger partial charge in [-0.1, -0.05) is 8.98 Å². The molecule has 1 N–H and O–H groups in total. The van der Waals surface area contributed by atoms with Crippen LogP contribution in [0.4, 0.5) is 0 Å². The minimum atomic E-state index is 0.0590. The van der Waals surface area contributed by atoms with Gasteiger partial charge < -0.3 is 9.84 Å². The highest BCUT2D eigenvalue weighted by molar-refractivity contribution is 7.05. The Morgan fingerprint density at radius 1 is 1.06 bits per heavy atom. The van der Waals surface area contributed by atoms with Crippen LogP contribution in [0.15, 0.2) is 0 Å². The third-order valence-electron chi connectivity index (χ3n) is 1.91. The van der Waals surface area contributed by atoms with Crippen molar-refractivity contribution < 1.29 is 9.84 Å². The summed E-state index contributed by atoms with van der Waals surface area (Å²) >= 11 is 2.63. The molecule has 0 aliphatic rings. The molecule has 0 fully saturated rings. The zero-order valence-corrected chi connectivity index (χ0v) is 11.5. The van der Waals surface area contributed by atoms with Crippen molar-refractivity contribution in [3.63, 3.8) is 0 Å². The molecular formula is C9H14N4O2S2. The summed E-state index contributed by atoms with van der Waals surface area (Å²) in [5.41, 5.74) is 1.80. The first-order chi connectivity index (χ1) is 8.19. The van der Waals surface area contributed by atoms with Crippen molar-refractivity contribution in [1.29, 1.82) is 0 Å². The monoisotopic (exact) mass is 274 g/mol. The van der Waals surface area contributed by atoms with Crippen LogP contribution >= 0.6 is 23.1 Å². The summed E-state index contributed by atoms with van der Waals surface area (Å²) in [4.78, 5) is 1.96. The van der Waals surface area contributed by atoms with Gasteiger partial charge >= 0.3 is 0 Å². The standard InChI is InChI=1S/C5H8N2OS.C4H6N2OS/c1-4-5(3-8-2)9-7-6-4;1-3-4(2-7)8-6-5-3/h3H2,1-2H3;7H,2H2,1H3. The molecule has 0 spiro atoms. The van der Waals surface area contributed by atoms with Crippen molar-refractivity contribution >= 4 is 23.1 Å². The van der Waals surface area contributed by atoms with Crippen LogP contribution in [-0.4, -0.2) is 31.4 Å². The van der Waals surface area contributed by atoms with Crippen molar-refractivity contribution in [2.24, 2.45) is 0 Å². The minimum Gasteiger partial charge on any atom is -0.391 e. The average Bonchev–Trinajstić information content (AvgIpc) is 2.90. The van der Waals surface area contributed by atoms with Crippen LogP contribution in [0, 0.1) is 13.8 Å². The van der Waals surface area contributed by atoms with E-state index in [4.69, 9.17) is 9.84 Å². The van der Waals surface area contributed by atoms with E-state index in [1.54, 1.807) is 7.11 Å². The van der Waals surface area contributed by atoms with Gasteiger partial charge in [-0.3, -0.25) is 0 Å². The third-order valence-corrected chi connectivity index (χ3v) is 3.51. The molecule has 0 atom stereocenters. The lowest BCUT2D eigenvalue weighted by Gasteiger charge is -1.90. The van der Waals surface area contributed by atoms with Gasteiger partial charge in [0.15, 0.2) is 0 Å². The highest BCUT2D eigenvalue weighted by Gasteiger charge is 1.99. The molecular weight excluding hydrogens is 260 g/mol. The van der Waals surface area contributed by atoms with E-state index in [9.17, 15) is 0 Å². The molecule has 0 aliphatic carbocycles. The molecule has 17 heavy (non-hydrogen) atoms. The van der Waals surface area contributed by atoms with Crippen molar-refractivity contribution in [1.82, 2.24) is 19.2 Å². The lowest BCUT2D eigenvalue weighted by molar-refractivity contribution is 0.187. The summed E-state index contributed by atoms with van der Waals surface area (Å²) in [6.45, 7) is 4.44. The Morgan fingerprint density at radius 2 is 1.59 bits per heavy atom. The fourth-order valence-corrected chi connectivity index (χ4v) is 2.01. The maximum absolute atomic E-state index is 8.54. The van der Waals surface area contributed by atoms with Gasteiger partial charge in [0, 0.05) is 7.11 Å². The highest BCUT2D eigenvalue weighted by atomic mass is 32.1. The molecule has 0 aliphatic heterocycles. The smallest absolute Gasteiger partial charge is 0.0840 e. The maximum atomic E-state index is 8.54. The molecule has 0 bridgehead atoms. The molecule has 2 aromatic heterocycles. The second-order valence-corrected chi connectivity index (χ2v) is 4.83. The quantitative estimate of drug-likeness (QED) is 0.909. The Hall–Kier alpha value is -0.960. The molecule has 0 aromatic carbocycles. The number of hydrogen-bond donors (Lipinski definition) is 1. The molecule has 94 valence electrons. The SMILES string of the molecule is COCc1snnc1C.Cc1nnsc1CO. The van der Waals surface area contributed by atoms with E-state index in [0.29, 0.717) is 6.61 Å². The Balaban J connectivity index is 0.000000171. The molecule has 2 heterocycles. The Labute approximate surface area is 108 Å². The molecule has 0 unspecified atom stereocenters. The fraction of sp³-hybridized carbons (Fsp3) is 0.556. The van der Waals surface area contributed by atoms with Gasteiger partial charge in [-0.15, -0.1) is 10.2 Å². The van der Waals surface area contributed by atoms with E-state index in [1.165, 1.54) is 23.1 Å². The van der Waals surface area contributed by atoms with E-state index in [-0.39, 0.29) is 6.61 Å². The van der Waals surface area contributed by atoms with Gasteiger partial charge in [-0.05, 0) is 36.9 Å². The van der Waals surface area contributed by atoms with Crippen molar-refractivity contribution in [3.8, 4) is 0 Å². The summed E-state index contributed by atoms with van der Waals surface area (Å²) < 4.78 is 12.3. The summed E-state index contributed by atoms with van der Waals surface area (Å²) in [7, 11) is 1.67. The minimum absolute atomic E-state index is 0.0590. The first-order valence-corrected chi connectivity index (χ1v) is 6.39. The predicted molar refractivity (Wildman–Crippen MR) is 65.9 cm³/mol. The zero-order chi connectivity index (χ0) is 12.7. The number of methoxy groups -OCH3 is 1. The number of aromatic nitrogens is 4. The highest BCUT2D eigenvalue weighted by Crippen LogP contribution is 2.09. The Kier molecular flexibility index (Phi) is 6.12. The summed E-state index contributed by atoms with van der Waals surface area (Å²) in [5.74, 6) is 0. The number of aryl methyl sites for hydroxylation is 2. The van der Waals surface area contributed by atoms with Crippen LogP contribution < -0.4 is 0 Å². The first-order valence-electron chi connectivity index (χ1n) is 4.84. The second-order valence-electron chi connectivity index (χ2n) is 3.15. The van der Waals surface area contributed by atoms with Gasteiger partial charge in [0.1, 0.15) is 0 Å². The summed E-state index contributed by atoms with van der Waals surface area (Å²) in [5, 5.41) is 16.1. The van der Waals surface area contributed by atoms with Crippen LogP contribution in [0.1, 0.15) is 21.1 Å². The zero-order valence-electron chi connectivity index (χ0n) is 9.88. The summed E-state index contributed by atoms with van der Waals surface area (Å²) in [6, 6.07) is 0. The normalized spacial score (nSPS) is 9.88. The molecule has 0 saturated heterocycles. The number of aliphatic hydroxyl groups is 1. The largest absolute Gasteiger partial charge is 0.391 e. The van der Waals surface area contributed by atoms with E-state index < -0.39 is 0 Å². The van der Waals surface area contributed by atoms with Crippen LogP contribution in [0.25, 0.3) is 0 Å². The third kappa shape index (κ3) is 4.43. The van der Waals surface area contributed by atoms with Crippen LogP contribution in [-0.2, 0) is 18.0 Å². The van der Waals surface area contributed by atoms with Crippen LogP contribution in [0.2, 0.25) is 0 Å². The lowest BCUT2D eigenvalue weighted by Crippen LogP contribution is -1.85. The van der Waals surface area contributed by atoms with Crippen molar-refractivity contribution in [2.45, 2.75) is 27.1 Å². The molecule has 6 nitrogen and oxygen atoms in total. The van der Waals surface area contributed by atoms with E-state index >= 15 is 0 Å². The number of hydrogen-bond acceptors (Lipinski definition) is 8. The van der Waals surface area contributed by atoms with Gasteiger partial charge in [0.05, 0.1) is 34.4 Å².